The lowest BCUT2D eigenvalue weighted by Crippen LogP contribution is -2.29. The topological polar surface area (TPSA) is 107 Å². The Kier molecular flexibility index (Phi) is 4.22. The summed E-state index contributed by atoms with van der Waals surface area (Å²) >= 11 is 12.1. The van der Waals surface area contributed by atoms with Crippen LogP contribution in [0.15, 0.2) is 35.1 Å². The van der Waals surface area contributed by atoms with Gasteiger partial charge in [0.2, 0.25) is 5.78 Å². The van der Waals surface area contributed by atoms with Crippen molar-refractivity contribution in [1.82, 2.24) is 14.9 Å². The molecule has 3 aromatic rings. The van der Waals surface area contributed by atoms with E-state index < -0.39 is 11.3 Å². The molecule has 136 valence electrons. The number of aromatic nitrogens is 2. The van der Waals surface area contributed by atoms with Crippen molar-refractivity contribution in [2.45, 2.75) is 0 Å². The monoisotopic (exact) mass is 402 g/mol. The van der Waals surface area contributed by atoms with Gasteiger partial charge in [-0.2, -0.15) is 0 Å². The summed E-state index contributed by atoms with van der Waals surface area (Å²) < 4.78 is 1.21. The van der Waals surface area contributed by atoms with Gasteiger partial charge in [-0.3, -0.25) is 19.0 Å². The number of nitrogens with zero attached hydrogens (tertiary/aromatic N) is 2. The van der Waals surface area contributed by atoms with E-state index in [4.69, 9.17) is 28.9 Å². The van der Waals surface area contributed by atoms with Crippen molar-refractivity contribution in [2.75, 3.05) is 13.1 Å². The highest BCUT2D eigenvalue weighted by Crippen LogP contribution is 2.30. The number of hydrogen-bond donors (Lipinski definition) is 2. The summed E-state index contributed by atoms with van der Waals surface area (Å²) in [5.41, 5.74) is 6.02. The lowest BCUT2D eigenvalue weighted by molar-refractivity contribution is 0.0954. The summed E-state index contributed by atoms with van der Waals surface area (Å²) in [5.74, 6) is -0.846. The van der Waals surface area contributed by atoms with E-state index in [0.717, 1.165) is 0 Å². The first-order valence-electron chi connectivity index (χ1n) is 8.01. The second kappa shape index (κ2) is 6.45. The second-order valence-corrected chi connectivity index (χ2v) is 6.81. The molecular weight excluding hydrogens is 391 g/mol. The molecule has 27 heavy (non-hydrogen) atoms. The highest BCUT2D eigenvalue weighted by Gasteiger charge is 2.31. The molecule has 7 nitrogen and oxygen atoms in total. The standard InChI is InChI=1S/C18H12Cl2N4O3/c19-9-6-11(20)14-12(7-9)23-16-15(25)10-5-8(17(26)22-4-3-21)1-2-13(10)24(16)18(14)27/h1-2,5-7H,3-4,21H2,(H,22,26). The number of fused-ring (bicyclic) bond motifs is 4. The van der Waals surface area contributed by atoms with Gasteiger partial charge in [0, 0.05) is 23.7 Å². The molecule has 3 N–H and O–H groups in total. The maximum absolute atomic E-state index is 13.0. The van der Waals surface area contributed by atoms with Gasteiger partial charge in [0.25, 0.3) is 11.5 Å². The number of benzene rings is 2. The molecule has 0 saturated heterocycles. The largest absolute Gasteiger partial charge is 0.351 e. The number of nitrogens with two attached hydrogens (primary N) is 1. The zero-order valence-electron chi connectivity index (χ0n) is 13.8. The van der Waals surface area contributed by atoms with Crippen molar-refractivity contribution < 1.29 is 9.59 Å². The van der Waals surface area contributed by atoms with Crippen molar-refractivity contribution in [3.63, 3.8) is 0 Å². The normalized spacial score (nSPS) is 12.2. The number of carbonyl (C=O) groups excluding carboxylic acids is 2. The van der Waals surface area contributed by atoms with E-state index in [1.54, 1.807) is 6.07 Å². The minimum Gasteiger partial charge on any atom is -0.351 e. The Labute approximate surface area is 162 Å². The molecule has 2 aromatic carbocycles. The number of amides is 1. The zero-order valence-corrected chi connectivity index (χ0v) is 15.3. The Balaban J connectivity index is 1.92. The number of hydrogen-bond acceptors (Lipinski definition) is 5. The van der Waals surface area contributed by atoms with Crippen LogP contribution in [0.5, 0.6) is 0 Å². The predicted octanol–water partition coefficient (Wildman–Crippen LogP) is 1.93. The number of rotatable bonds is 3. The Morgan fingerprint density at radius 1 is 1.19 bits per heavy atom. The van der Waals surface area contributed by atoms with Crippen LogP contribution >= 0.6 is 23.2 Å². The predicted molar refractivity (Wildman–Crippen MR) is 102 cm³/mol. The van der Waals surface area contributed by atoms with Gasteiger partial charge >= 0.3 is 0 Å². The van der Waals surface area contributed by atoms with E-state index in [9.17, 15) is 14.4 Å². The Bertz CT molecular complexity index is 1200. The summed E-state index contributed by atoms with van der Waals surface area (Å²) in [4.78, 5) is 42.2. The van der Waals surface area contributed by atoms with Crippen LogP contribution < -0.4 is 16.6 Å². The molecule has 0 saturated carbocycles. The van der Waals surface area contributed by atoms with E-state index in [0.29, 0.717) is 29.4 Å². The third kappa shape index (κ3) is 2.71. The zero-order chi connectivity index (χ0) is 19.3. The van der Waals surface area contributed by atoms with Gasteiger partial charge in [-0.05, 0) is 30.3 Å². The van der Waals surface area contributed by atoms with Crippen molar-refractivity contribution in [1.29, 1.82) is 0 Å². The van der Waals surface area contributed by atoms with E-state index in [2.05, 4.69) is 10.3 Å². The van der Waals surface area contributed by atoms with E-state index in [-0.39, 0.29) is 33.2 Å². The molecule has 4 rings (SSSR count). The molecule has 0 atom stereocenters. The van der Waals surface area contributed by atoms with Gasteiger partial charge in [0.1, 0.15) is 0 Å². The average Bonchev–Trinajstić information content (AvgIpc) is 2.91. The molecule has 0 spiro atoms. The summed E-state index contributed by atoms with van der Waals surface area (Å²) in [5, 5.41) is 3.28. The van der Waals surface area contributed by atoms with E-state index >= 15 is 0 Å². The molecule has 2 heterocycles. The minimum atomic E-state index is -0.468. The van der Waals surface area contributed by atoms with Crippen LogP contribution in [-0.4, -0.2) is 34.3 Å². The minimum absolute atomic E-state index is 0.0413. The van der Waals surface area contributed by atoms with Gasteiger partial charge in [-0.15, -0.1) is 0 Å². The first-order chi connectivity index (χ1) is 12.9. The molecule has 0 fully saturated rings. The number of nitrogens with one attached hydrogen (secondary N) is 1. The van der Waals surface area contributed by atoms with Gasteiger partial charge in [-0.1, -0.05) is 23.2 Å². The van der Waals surface area contributed by atoms with Crippen LogP contribution in [0.25, 0.3) is 16.6 Å². The Morgan fingerprint density at radius 3 is 2.70 bits per heavy atom. The number of carbonyl (C=O) groups is 2. The quantitative estimate of drug-likeness (QED) is 0.544. The molecule has 1 aliphatic rings. The smallest absolute Gasteiger partial charge is 0.267 e. The third-order valence-electron chi connectivity index (χ3n) is 4.27. The lowest BCUT2D eigenvalue weighted by Gasteiger charge is -2.08. The van der Waals surface area contributed by atoms with Gasteiger partial charge in [0.05, 0.1) is 27.2 Å². The van der Waals surface area contributed by atoms with Gasteiger partial charge < -0.3 is 11.1 Å². The first-order valence-corrected chi connectivity index (χ1v) is 8.77. The molecule has 0 radical (unpaired) electrons. The third-order valence-corrected chi connectivity index (χ3v) is 4.78. The molecule has 1 aliphatic heterocycles. The maximum atomic E-state index is 13.0. The summed E-state index contributed by atoms with van der Waals surface area (Å²) in [6, 6.07) is 7.45. The number of halogens is 2. The Hall–Kier alpha value is -2.74. The van der Waals surface area contributed by atoms with Crippen LogP contribution in [0.3, 0.4) is 0 Å². The van der Waals surface area contributed by atoms with Crippen molar-refractivity contribution in [3.8, 4) is 5.69 Å². The lowest BCUT2D eigenvalue weighted by atomic mass is 10.1. The fourth-order valence-corrected chi connectivity index (χ4v) is 3.63. The molecule has 0 unspecified atom stereocenters. The highest BCUT2D eigenvalue weighted by atomic mass is 35.5. The van der Waals surface area contributed by atoms with Crippen LogP contribution in [0.2, 0.25) is 10.0 Å². The van der Waals surface area contributed by atoms with Gasteiger partial charge in [-0.25, -0.2) is 4.98 Å². The fourth-order valence-electron chi connectivity index (χ4n) is 3.07. The SMILES string of the molecule is NCCNC(=O)c1ccc2c(c1)C(=O)c1nc3cc(Cl)cc(Cl)c3c(=O)n1-2. The fraction of sp³-hybridized carbons (Fsp3) is 0.111. The summed E-state index contributed by atoms with van der Waals surface area (Å²) in [6.45, 7) is 0.617. The van der Waals surface area contributed by atoms with Crippen LogP contribution in [-0.2, 0) is 0 Å². The van der Waals surface area contributed by atoms with Crippen LogP contribution in [0.1, 0.15) is 26.5 Å². The molecule has 9 heteroatoms. The highest BCUT2D eigenvalue weighted by molar-refractivity contribution is 6.38. The molecule has 1 aromatic heterocycles. The number of ketones is 1. The summed E-state index contributed by atoms with van der Waals surface area (Å²) in [7, 11) is 0. The average molecular weight is 403 g/mol. The first kappa shape index (κ1) is 17.7. The Morgan fingerprint density at radius 2 is 1.96 bits per heavy atom. The van der Waals surface area contributed by atoms with Crippen molar-refractivity contribution in [3.05, 3.63) is 67.7 Å². The molecule has 0 aliphatic carbocycles. The van der Waals surface area contributed by atoms with Gasteiger partial charge in [0.15, 0.2) is 5.82 Å². The van der Waals surface area contributed by atoms with Crippen LogP contribution in [0, 0.1) is 0 Å². The maximum Gasteiger partial charge on any atom is 0.267 e. The van der Waals surface area contributed by atoms with Crippen molar-refractivity contribution >= 4 is 45.8 Å². The molecule has 1 amide bonds. The van der Waals surface area contributed by atoms with Crippen LogP contribution in [0.4, 0.5) is 0 Å². The molecular formula is C18H12Cl2N4O3. The summed E-state index contributed by atoms with van der Waals surface area (Å²) in [6.07, 6.45) is 0. The van der Waals surface area contributed by atoms with E-state index in [1.807, 2.05) is 0 Å². The molecule has 0 bridgehead atoms. The second-order valence-electron chi connectivity index (χ2n) is 5.96. The van der Waals surface area contributed by atoms with E-state index in [1.165, 1.54) is 28.8 Å². The van der Waals surface area contributed by atoms with Crippen molar-refractivity contribution in [2.24, 2.45) is 5.73 Å².